The van der Waals surface area contributed by atoms with Crippen molar-refractivity contribution in [2.24, 2.45) is 0 Å². The van der Waals surface area contributed by atoms with Gasteiger partial charge in [0.1, 0.15) is 0 Å². The second-order valence-corrected chi connectivity index (χ2v) is 5.60. The molecular weight excluding hydrogens is 342 g/mol. The first-order chi connectivity index (χ1) is 13.8. The highest BCUT2D eigenvalue weighted by Gasteiger charge is 1.94. The fraction of sp³-hybridized carbons (Fsp3) is 0.360. The number of nitrogens with zero attached hydrogens (tertiary/aromatic N) is 3. The molecule has 1 heterocycles. The van der Waals surface area contributed by atoms with Crippen LogP contribution in [0.5, 0.6) is 0 Å². The summed E-state index contributed by atoms with van der Waals surface area (Å²) in [5.74, 6) is 0. The van der Waals surface area contributed by atoms with Crippen LogP contribution in [0.25, 0.3) is 4.85 Å². The average molecular weight is 378 g/mol. The van der Waals surface area contributed by atoms with E-state index in [0.717, 1.165) is 6.54 Å². The molecule has 1 aromatic heterocycles. The van der Waals surface area contributed by atoms with Crippen molar-refractivity contribution in [2.45, 2.75) is 60.4 Å². The van der Waals surface area contributed by atoms with Gasteiger partial charge in [0.05, 0.1) is 12.9 Å². The maximum Gasteiger partial charge on any atom is 0.187 e. The molecule has 0 bridgehead atoms. The first kappa shape index (κ1) is 25.1. The van der Waals surface area contributed by atoms with E-state index in [9.17, 15) is 0 Å². The van der Waals surface area contributed by atoms with E-state index in [1.54, 1.807) is 12.5 Å². The van der Waals surface area contributed by atoms with Crippen molar-refractivity contribution in [3.05, 3.63) is 95.9 Å². The highest BCUT2D eigenvalue weighted by molar-refractivity contribution is 5.45. The van der Waals surface area contributed by atoms with Crippen LogP contribution in [0.3, 0.4) is 0 Å². The molecule has 0 aliphatic carbocycles. The van der Waals surface area contributed by atoms with Gasteiger partial charge in [0.25, 0.3) is 0 Å². The highest BCUT2D eigenvalue weighted by Crippen LogP contribution is 2.13. The molecule has 0 aliphatic heterocycles. The summed E-state index contributed by atoms with van der Waals surface area (Å²) in [5, 5.41) is 0. The number of benzene rings is 2. The van der Waals surface area contributed by atoms with Gasteiger partial charge in [-0.2, -0.15) is 0 Å². The van der Waals surface area contributed by atoms with Crippen LogP contribution in [0.1, 0.15) is 58.6 Å². The van der Waals surface area contributed by atoms with Crippen LogP contribution in [0.15, 0.2) is 73.3 Å². The maximum atomic E-state index is 6.82. The van der Waals surface area contributed by atoms with Gasteiger partial charge in [-0.1, -0.05) is 95.6 Å². The zero-order chi connectivity index (χ0) is 21.0. The Kier molecular flexibility index (Phi) is 15.8. The second kappa shape index (κ2) is 17.5. The van der Waals surface area contributed by atoms with E-state index in [0.29, 0.717) is 5.69 Å². The summed E-state index contributed by atoms with van der Waals surface area (Å²) in [6, 6.07) is 18.2. The third-order valence-corrected chi connectivity index (χ3v) is 3.65. The van der Waals surface area contributed by atoms with Gasteiger partial charge < -0.3 is 4.57 Å². The fourth-order valence-corrected chi connectivity index (χ4v) is 2.29. The molecule has 3 heteroatoms. The molecule has 0 unspecified atom stereocenters. The molecule has 0 fully saturated rings. The zero-order valence-corrected chi connectivity index (χ0v) is 18.1. The molecule has 3 aromatic rings. The predicted molar refractivity (Wildman–Crippen MR) is 122 cm³/mol. The summed E-state index contributed by atoms with van der Waals surface area (Å²) in [7, 11) is 0. The lowest BCUT2D eigenvalue weighted by Crippen LogP contribution is -1.95. The molecule has 2 aromatic carbocycles. The van der Waals surface area contributed by atoms with Gasteiger partial charge in [0, 0.05) is 18.9 Å². The lowest BCUT2D eigenvalue weighted by molar-refractivity contribution is 0.795. The van der Waals surface area contributed by atoms with Crippen LogP contribution in [0.4, 0.5) is 5.69 Å². The van der Waals surface area contributed by atoms with Crippen molar-refractivity contribution < 1.29 is 0 Å². The van der Waals surface area contributed by atoms with Crippen LogP contribution < -0.4 is 0 Å². The van der Waals surface area contributed by atoms with Gasteiger partial charge in [-0.15, -0.1) is 0 Å². The van der Waals surface area contributed by atoms with Gasteiger partial charge in [-0.05, 0) is 24.0 Å². The van der Waals surface area contributed by atoms with Crippen molar-refractivity contribution >= 4 is 5.69 Å². The normalized spacial score (nSPS) is 8.71. The lowest BCUT2D eigenvalue weighted by atomic mass is 10.1. The molecule has 0 atom stereocenters. The minimum atomic E-state index is 0.680. The number of hydrogen-bond acceptors (Lipinski definition) is 1. The predicted octanol–water partition coefficient (Wildman–Crippen LogP) is 7.56. The summed E-state index contributed by atoms with van der Waals surface area (Å²) in [4.78, 5) is 7.31. The van der Waals surface area contributed by atoms with Gasteiger partial charge in [-0.25, -0.2) is 9.83 Å². The molecule has 0 aliphatic rings. The Balaban J connectivity index is 0.000000460. The first-order valence-corrected chi connectivity index (χ1v) is 10.3. The molecule has 3 nitrogen and oxygen atoms in total. The van der Waals surface area contributed by atoms with Crippen LogP contribution in [-0.2, 0) is 13.0 Å². The Morgan fingerprint density at radius 3 is 2.04 bits per heavy atom. The number of imidazole rings is 1. The monoisotopic (exact) mass is 377 g/mol. The van der Waals surface area contributed by atoms with Crippen LogP contribution in [-0.4, -0.2) is 9.55 Å². The van der Waals surface area contributed by atoms with Crippen LogP contribution in [0.2, 0.25) is 0 Å². The van der Waals surface area contributed by atoms with Crippen molar-refractivity contribution in [3.63, 3.8) is 0 Å². The van der Waals surface area contributed by atoms with E-state index in [1.807, 2.05) is 62.7 Å². The van der Waals surface area contributed by atoms with Crippen molar-refractivity contribution in [3.8, 4) is 0 Å². The van der Waals surface area contributed by atoms with E-state index in [1.165, 1.54) is 30.4 Å². The molecule has 28 heavy (non-hydrogen) atoms. The largest absolute Gasteiger partial charge is 0.333 e. The van der Waals surface area contributed by atoms with Gasteiger partial charge in [-0.3, -0.25) is 0 Å². The van der Waals surface area contributed by atoms with Crippen molar-refractivity contribution in [2.75, 3.05) is 0 Å². The lowest BCUT2D eigenvalue weighted by Gasteiger charge is -2.01. The van der Waals surface area contributed by atoms with Gasteiger partial charge in [0.2, 0.25) is 0 Å². The minimum Gasteiger partial charge on any atom is -0.333 e. The summed E-state index contributed by atoms with van der Waals surface area (Å²) >= 11 is 0. The van der Waals surface area contributed by atoms with Crippen LogP contribution >= 0.6 is 0 Å². The SMILES string of the molecule is CC.CC.CCCCc1ccccc1.[C-]#[N+]c1ccc(Cn2ccnc2)cc1. The Hall–Kier alpha value is -2.86. The molecule has 0 amide bonds. The van der Waals surface area contributed by atoms with Crippen LogP contribution in [0, 0.1) is 6.57 Å². The molecule has 0 radical (unpaired) electrons. The molecule has 3 rings (SSSR count). The number of unbranched alkanes of at least 4 members (excludes halogenated alkanes) is 1. The molecule has 0 saturated heterocycles. The third-order valence-electron chi connectivity index (χ3n) is 3.65. The second-order valence-electron chi connectivity index (χ2n) is 5.60. The Morgan fingerprint density at radius 2 is 1.54 bits per heavy atom. The number of rotatable bonds is 5. The minimum absolute atomic E-state index is 0.680. The summed E-state index contributed by atoms with van der Waals surface area (Å²) in [5.41, 5.74) is 3.32. The van der Waals surface area contributed by atoms with E-state index in [2.05, 4.69) is 47.1 Å². The molecular formula is C25H35N3. The first-order valence-electron chi connectivity index (χ1n) is 10.3. The summed E-state index contributed by atoms with van der Waals surface area (Å²) in [6.07, 6.45) is 9.29. The number of aromatic nitrogens is 2. The molecule has 150 valence electrons. The number of aryl methyl sites for hydroxylation is 1. The highest BCUT2D eigenvalue weighted by atomic mass is 15.0. The quantitative estimate of drug-likeness (QED) is 0.420. The Labute approximate surface area is 171 Å². The van der Waals surface area contributed by atoms with Crippen molar-refractivity contribution in [1.29, 1.82) is 0 Å². The molecule has 0 N–H and O–H groups in total. The molecule has 0 spiro atoms. The fourth-order valence-electron chi connectivity index (χ4n) is 2.29. The number of hydrogen-bond donors (Lipinski definition) is 0. The Morgan fingerprint density at radius 1 is 0.893 bits per heavy atom. The Bertz CT molecular complexity index is 724. The third kappa shape index (κ3) is 11.0. The molecule has 0 saturated carbocycles. The average Bonchev–Trinajstić information content (AvgIpc) is 3.30. The van der Waals surface area contributed by atoms with E-state index < -0.39 is 0 Å². The topological polar surface area (TPSA) is 22.2 Å². The van der Waals surface area contributed by atoms with Gasteiger partial charge in [0.15, 0.2) is 5.69 Å². The maximum absolute atomic E-state index is 6.82. The summed E-state index contributed by atoms with van der Waals surface area (Å²) in [6.45, 7) is 17.8. The van der Waals surface area contributed by atoms with E-state index in [-0.39, 0.29) is 0 Å². The van der Waals surface area contributed by atoms with Gasteiger partial charge >= 0.3 is 0 Å². The van der Waals surface area contributed by atoms with E-state index in [4.69, 9.17) is 6.57 Å². The zero-order valence-electron chi connectivity index (χ0n) is 18.1. The van der Waals surface area contributed by atoms with E-state index >= 15 is 0 Å². The smallest absolute Gasteiger partial charge is 0.187 e. The summed E-state index contributed by atoms with van der Waals surface area (Å²) < 4.78 is 1.99. The standard InChI is InChI=1S/C11H9N3.C10H14.2C2H6/c1-12-11-4-2-10(3-5-11)8-14-7-6-13-9-14;1-2-3-7-10-8-5-4-6-9-10;2*1-2/h2-7,9H,8H2;4-6,8-9H,2-3,7H2,1H3;2*1-2H3. The van der Waals surface area contributed by atoms with Crippen molar-refractivity contribution in [1.82, 2.24) is 9.55 Å².